The number of nitrogens with zero attached hydrogens (tertiary/aromatic N) is 1. The summed E-state index contributed by atoms with van der Waals surface area (Å²) in [5.74, 6) is -0.487. The van der Waals surface area contributed by atoms with E-state index in [1.165, 1.54) is 23.3 Å². The molecule has 4 rings (SSSR count). The van der Waals surface area contributed by atoms with Crippen molar-refractivity contribution in [1.29, 1.82) is 0 Å². The zero-order valence-corrected chi connectivity index (χ0v) is 19.8. The number of amides is 1. The van der Waals surface area contributed by atoms with Crippen LogP contribution in [0.4, 0.5) is 5.00 Å². The molecule has 1 amide bonds. The molecule has 0 spiro atoms. The lowest BCUT2D eigenvalue weighted by molar-refractivity contribution is -0.117. The number of aryl methyl sites for hydroxylation is 1. The van der Waals surface area contributed by atoms with Crippen LogP contribution < -0.4 is 5.32 Å². The predicted octanol–water partition coefficient (Wildman–Crippen LogP) is 5.44. The van der Waals surface area contributed by atoms with Crippen molar-refractivity contribution in [1.82, 2.24) is 4.90 Å². The summed E-state index contributed by atoms with van der Waals surface area (Å²) in [5.41, 5.74) is 3.91. The molecule has 0 saturated carbocycles. The summed E-state index contributed by atoms with van der Waals surface area (Å²) in [6.45, 7) is 1.55. The van der Waals surface area contributed by atoms with E-state index in [0.717, 1.165) is 48.8 Å². The van der Waals surface area contributed by atoms with Crippen LogP contribution in [0.25, 0.3) is 0 Å². The highest BCUT2D eigenvalue weighted by Gasteiger charge is 2.26. The van der Waals surface area contributed by atoms with E-state index < -0.39 is 0 Å². The number of benzene rings is 2. The van der Waals surface area contributed by atoms with Gasteiger partial charge < -0.3 is 10.1 Å². The Kier molecular flexibility index (Phi) is 7.92. The Morgan fingerprint density at radius 1 is 0.909 bits per heavy atom. The number of anilines is 1. The molecular weight excluding hydrogens is 432 g/mol. The molecule has 172 valence electrons. The van der Waals surface area contributed by atoms with Crippen LogP contribution in [0, 0.1) is 0 Å². The number of ether oxygens (including phenoxy) is 1. The maximum absolute atomic E-state index is 13.1. The molecule has 1 heterocycles. The monoisotopic (exact) mass is 462 g/mol. The average Bonchev–Trinajstić information content (AvgIpc) is 2.99. The highest BCUT2D eigenvalue weighted by molar-refractivity contribution is 7.17. The first kappa shape index (κ1) is 23.2. The van der Waals surface area contributed by atoms with Crippen LogP contribution in [0.5, 0.6) is 0 Å². The normalized spacial score (nSPS) is 13.3. The summed E-state index contributed by atoms with van der Waals surface area (Å²) in [6, 6.07) is 20.3. The fourth-order valence-electron chi connectivity index (χ4n) is 4.37. The van der Waals surface area contributed by atoms with E-state index in [9.17, 15) is 9.59 Å². The van der Waals surface area contributed by atoms with Crippen molar-refractivity contribution < 1.29 is 14.3 Å². The Bertz CT molecular complexity index is 1040. The molecule has 1 aromatic heterocycles. The number of carbonyl (C=O) groups is 2. The first-order chi connectivity index (χ1) is 16.1. The smallest absolute Gasteiger partial charge is 0.341 e. The number of carbonyl (C=O) groups excluding carboxylic acids is 2. The van der Waals surface area contributed by atoms with Crippen LogP contribution >= 0.6 is 11.3 Å². The minimum atomic E-state index is -0.366. The van der Waals surface area contributed by atoms with Gasteiger partial charge in [-0.25, -0.2) is 4.79 Å². The van der Waals surface area contributed by atoms with Gasteiger partial charge in [-0.3, -0.25) is 9.69 Å². The van der Waals surface area contributed by atoms with Gasteiger partial charge >= 0.3 is 5.97 Å². The molecule has 0 aliphatic heterocycles. The first-order valence-electron chi connectivity index (χ1n) is 11.5. The fraction of sp³-hybridized carbons (Fsp3) is 0.333. The van der Waals surface area contributed by atoms with E-state index in [1.54, 1.807) is 0 Å². The van der Waals surface area contributed by atoms with Gasteiger partial charge in [0.15, 0.2) is 0 Å². The maximum Gasteiger partial charge on any atom is 0.341 e. The van der Waals surface area contributed by atoms with Crippen molar-refractivity contribution in [3.05, 3.63) is 87.8 Å². The lowest BCUT2D eigenvalue weighted by Crippen LogP contribution is -2.32. The summed E-state index contributed by atoms with van der Waals surface area (Å²) >= 11 is 1.53. The third-order valence-electron chi connectivity index (χ3n) is 5.93. The molecule has 0 saturated heterocycles. The van der Waals surface area contributed by atoms with Crippen LogP contribution in [0.2, 0.25) is 0 Å². The Labute approximate surface area is 199 Å². The molecule has 0 bridgehead atoms. The third-order valence-corrected chi connectivity index (χ3v) is 7.14. The Morgan fingerprint density at radius 3 is 2.12 bits per heavy atom. The van der Waals surface area contributed by atoms with Gasteiger partial charge in [0.25, 0.3) is 0 Å². The molecule has 0 radical (unpaired) electrons. The molecule has 0 atom stereocenters. The zero-order valence-electron chi connectivity index (χ0n) is 19.0. The second-order valence-electron chi connectivity index (χ2n) is 8.42. The number of hydrogen-bond acceptors (Lipinski definition) is 5. The Morgan fingerprint density at radius 2 is 1.52 bits per heavy atom. The van der Waals surface area contributed by atoms with Gasteiger partial charge in [-0.05, 0) is 42.4 Å². The Balaban J connectivity index is 1.52. The molecule has 5 nitrogen and oxygen atoms in total. The standard InChI is InChI=1S/C27H30N2O3S/c1-32-27(31)25-22-15-9-4-10-16-23(22)33-26(25)28-24(30)19-29(17-20-11-5-2-6-12-20)18-21-13-7-3-8-14-21/h2-3,5-8,11-14H,4,9-10,15-19H2,1H3,(H,28,30). The van der Waals surface area contributed by atoms with E-state index in [4.69, 9.17) is 4.74 Å². The van der Waals surface area contributed by atoms with Crippen molar-refractivity contribution in [2.45, 2.75) is 45.2 Å². The van der Waals surface area contributed by atoms with Crippen molar-refractivity contribution in [2.75, 3.05) is 19.0 Å². The number of esters is 1. The average molecular weight is 463 g/mol. The summed E-state index contributed by atoms with van der Waals surface area (Å²) < 4.78 is 5.07. The molecular formula is C27H30N2O3S. The van der Waals surface area contributed by atoms with E-state index in [2.05, 4.69) is 34.5 Å². The molecule has 33 heavy (non-hydrogen) atoms. The highest BCUT2D eigenvalue weighted by atomic mass is 32.1. The van der Waals surface area contributed by atoms with Gasteiger partial charge in [0.05, 0.1) is 19.2 Å². The zero-order chi connectivity index (χ0) is 23.0. The minimum absolute atomic E-state index is 0.122. The van der Waals surface area contributed by atoms with Gasteiger partial charge in [-0.2, -0.15) is 0 Å². The number of hydrogen-bond donors (Lipinski definition) is 1. The topological polar surface area (TPSA) is 58.6 Å². The van der Waals surface area contributed by atoms with E-state index in [0.29, 0.717) is 23.7 Å². The van der Waals surface area contributed by atoms with Crippen LogP contribution in [-0.4, -0.2) is 30.4 Å². The largest absolute Gasteiger partial charge is 0.465 e. The number of nitrogens with one attached hydrogen (secondary N) is 1. The van der Waals surface area contributed by atoms with E-state index >= 15 is 0 Å². The number of fused-ring (bicyclic) bond motifs is 1. The van der Waals surface area contributed by atoms with Gasteiger partial charge in [0.2, 0.25) is 5.91 Å². The molecule has 1 aliphatic rings. The third kappa shape index (κ3) is 6.09. The van der Waals surface area contributed by atoms with Crippen molar-refractivity contribution in [2.24, 2.45) is 0 Å². The van der Waals surface area contributed by atoms with Crippen molar-refractivity contribution >= 4 is 28.2 Å². The molecule has 0 unspecified atom stereocenters. The van der Waals surface area contributed by atoms with Crippen molar-refractivity contribution in [3.63, 3.8) is 0 Å². The summed E-state index contributed by atoms with van der Waals surface area (Å²) in [7, 11) is 1.40. The number of methoxy groups -OCH3 is 1. The van der Waals surface area contributed by atoms with E-state index in [1.807, 2.05) is 36.4 Å². The lowest BCUT2D eigenvalue weighted by Gasteiger charge is -2.22. The van der Waals surface area contributed by atoms with Gasteiger partial charge in [0.1, 0.15) is 5.00 Å². The first-order valence-corrected chi connectivity index (χ1v) is 12.3. The maximum atomic E-state index is 13.1. The Hall–Kier alpha value is -2.96. The molecule has 6 heteroatoms. The van der Waals surface area contributed by atoms with Gasteiger partial charge in [-0.1, -0.05) is 67.1 Å². The minimum Gasteiger partial charge on any atom is -0.465 e. The summed E-state index contributed by atoms with van der Waals surface area (Å²) in [6.07, 6.45) is 5.15. The molecule has 1 N–H and O–H groups in total. The summed E-state index contributed by atoms with van der Waals surface area (Å²) in [4.78, 5) is 29.1. The predicted molar refractivity (Wildman–Crippen MR) is 133 cm³/mol. The number of thiophene rings is 1. The molecule has 0 fully saturated rings. The van der Waals surface area contributed by atoms with Gasteiger partial charge in [-0.15, -0.1) is 11.3 Å². The van der Waals surface area contributed by atoms with Crippen LogP contribution in [0.15, 0.2) is 60.7 Å². The fourth-order valence-corrected chi connectivity index (χ4v) is 5.66. The molecule has 1 aliphatic carbocycles. The van der Waals surface area contributed by atoms with Crippen LogP contribution in [0.3, 0.4) is 0 Å². The number of rotatable bonds is 8. The quantitative estimate of drug-likeness (QED) is 0.357. The van der Waals surface area contributed by atoms with Crippen LogP contribution in [0.1, 0.15) is 51.2 Å². The summed E-state index contributed by atoms with van der Waals surface area (Å²) in [5, 5.41) is 3.67. The van der Waals surface area contributed by atoms with Gasteiger partial charge in [0, 0.05) is 18.0 Å². The SMILES string of the molecule is COC(=O)c1c(NC(=O)CN(Cc2ccccc2)Cc2ccccc2)sc2c1CCCCC2. The van der Waals surface area contributed by atoms with Crippen LogP contribution in [-0.2, 0) is 35.5 Å². The highest BCUT2D eigenvalue weighted by Crippen LogP contribution is 2.38. The second kappa shape index (κ2) is 11.3. The van der Waals surface area contributed by atoms with Crippen molar-refractivity contribution in [3.8, 4) is 0 Å². The molecule has 2 aromatic carbocycles. The van der Waals surface area contributed by atoms with E-state index in [-0.39, 0.29) is 18.4 Å². The molecule has 3 aromatic rings. The lowest BCUT2D eigenvalue weighted by atomic mass is 10.1. The second-order valence-corrected chi connectivity index (χ2v) is 9.53.